The highest BCUT2D eigenvalue weighted by Crippen LogP contribution is 2.38. The minimum Gasteiger partial charge on any atom is -0.384 e. The molecule has 6 nitrogen and oxygen atoms in total. The first-order chi connectivity index (χ1) is 8.85. The fourth-order valence-electron chi connectivity index (χ4n) is 1.50. The Kier molecular flexibility index (Phi) is 3.57. The van der Waals surface area contributed by atoms with Crippen molar-refractivity contribution in [2.75, 3.05) is 13.7 Å². The molecule has 1 saturated carbocycles. The fourth-order valence-corrected chi connectivity index (χ4v) is 2.98. The van der Waals surface area contributed by atoms with Gasteiger partial charge in [-0.25, -0.2) is 9.97 Å². The van der Waals surface area contributed by atoms with Gasteiger partial charge in [0.1, 0.15) is 11.6 Å². The Hall–Kier alpha value is -0.990. The van der Waals surface area contributed by atoms with Crippen LogP contribution in [-0.4, -0.2) is 38.3 Å². The zero-order valence-corrected chi connectivity index (χ0v) is 11.6. The Morgan fingerprint density at radius 2 is 2.33 bits per heavy atom. The van der Waals surface area contributed by atoms with E-state index in [9.17, 15) is 0 Å². The number of aromatic amines is 1. The number of methoxy groups -OCH3 is 1. The molecule has 0 saturated heterocycles. The van der Waals surface area contributed by atoms with Crippen LogP contribution in [0, 0.1) is 0 Å². The Bertz CT molecular complexity index is 522. The van der Waals surface area contributed by atoms with E-state index in [2.05, 4.69) is 24.5 Å². The average Bonchev–Trinajstić information content (AvgIpc) is 2.96. The highest BCUT2D eigenvalue weighted by molar-refractivity contribution is 8.00. The van der Waals surface area contributed by atoms with Crippen LogP contribution >= 0.6 is 23.3 Å². The standard InChI is InChI=1S/C10H13N5OS2/c1-16-5-4-7-11-10(18-15-7)17-9-12-8(13-14-9)6-2-3-6/h6H,2-5H2,1H3,(H,12,13,14). The quantitative estimate of drug-likeness (QED) is 0.872. The summed E-state index contributed by atoms with van der Waals surface area (Å²) in [6.45, 7) is 0.646. The van der Waals surface area contributed by atoms with Crippen molar-refractivity contribution in [3.63, 3.8) is 0 Å². The van der Waals surface area contributed by atoms with Crippen molar-refractivity contribution in [1.29, 1.82) is 0 Å². The van der Waals surface area contributed by atoms with Gasteiger partial charge in [-0.3, -0.25) is 5.10 Å². The second-order valence-electron chi connectivity index (χ2n) is 4.10. The second kappa shape index (κ2) is 5.33. The number of nitrogens with zero attached hydrogens (tertiary/aromatic N) is 4. The summed E-state index contributed by atoms with van der Waals surface area (Å²) in [5, 5.41) is 7.90. The van der Waals surface area contributed by atoms with E-state index in [-0.39, 0.29) is 0 Å². The summed E-state index contributed by atoms with van der Waals surface area (Å²) in [5.74, 6) is 2.42. The first-order valence-corrected chi connectivity index (χ1v) is 7.36. The third kappa shape index (κ3) is 2.88. The van der Waals surface area contributed by atoms with E-state index < -0.39 is 0 Å². The molecule has 1 aliphatic rings. The van der Waals surface area contributed by atoms with Crippen molar-refractivity contribution >= 4 is 23.3 Å². The van der Waals surface area contributed by atoms with E-state index in [0.29, 0.717) is 12.5 Å². The molecule has 0 aromatic carbocycles. The number of nitrogens with one attached hydrogen (secondary N) is 1. The average molecular weight is 283 g/mol. The summed E-state index contributed by atoms with van der Waals surface area (Å²) in [4.78, 5) is 8.86. The molecule has 2 heterocycles. The number of ether oxygens (including phenoxy) is 1. The number of hydrogen-bond acceptors (Lipinski definition) is 7. The Labute approximate surface area is 113 Å². The van der Waals surface area contributed by atoms with Crippen molar-refractivity contribution in [1.82, 2.24) is 24.5 Å². The van der Waals surface area contributed by atoms with Crippen molar-refractivity contribution in [2.45, 2.75) is 34.7 Å². The Balaban J connectivity index is 1.62. The SMILES string of the molecule is COCCc1nsc(Sc2n[nH]c(C3CC3)n2)n1. The lowest BCUT2D eigenvalue weighted by molar-refractivity contribution is 0.200. The summed E-state index contributed by atoms with van der Waals surface area (Å²) < 4.78 is 10.1. The maximum atomic E-state index is 5.00. The highest BCUT2D eigenvalue weighted by atomic mass is 32.2. The van der Waals surface area contributed by atoms with Gasteiger partial charge in [0, 0.05) is 19.4 Å². The minimum absolute atomic E-state index is 0.596. The zero-order valence-electron chi connectivity index (χ0n) is 9.92. The molecule has 1 N–H and O–H groups in total. The molecule has 1 aliphatic carbocycles. The van der Waals surface area contributed by atoms with E-state index in [1.54, 1.807) is 7.11 Å². The fraction of sp³-hybridized carbons (Fsp3) is 0.600. The molecule has 2 aromatic rings. The van der Waals surface area contributed by atoms with Gasteiger partial charge in [0.2, 0.25) is 5.16 Å². The van der Waals surface area contributed by atoms with Gasteiger partial charge in [-0.2, -0.15) is 4.37 Å². The maximum absolute atomic E-state index is 5.00. The van der Waals surface area contributed by atoms with Gasteiger partial charge in [-0.15, -0.1) is 5.10 Å². The van der Waals surface area contributed by atoms with E-state index in [4.69, 9.17) is 4.74 Å². The van der Waals surface area contributed by atoms with Crippen LogP contribution in [0.4, 0.5) is 0 Å². The molecule has 0 radical (unpaired) electrons. The second-order valence-corrected chi connectivity index (χ2v) is 6.07. The summed E-state index contributed by atoms with van der Waals surface area (Å²) in [5.41, 5.74) is 0. The van der Waals surface area contributed by atoms with Crippen LogP contribution in [0.25, 0.3) is 0 Å². The van der Waals surface area contributed by atoms with Crippen LogP contribution < -0.4 is 0 Å². The van der Waals surface area contributed by atoms with Crippen LogP contribution in [0.2, 0.25) is 0 Å². The van der Waals surface area contributed by atoms with Crippen molar-refractivity contribution < 1.29 is 4.74 Å². The molecular formula is C10H13N5OS2. The predicted molar refractivity (Wildman–Crippen MR) is 68.0 cm³/mol. The monoisotopic (exact) mass is 283 g/mol. The summed E-state index contributed by atoms with van der Waals surface area (Å²) in [6.07, 6.45) is 3.19. The summed E-state index contributed by atoms with van der Waals surface area (Å²) in [6, 6.07) is 0. The number of H-pyrrole nitrogens is 1. The number of aromatic nitrogens is 5. The van der Waals surface area contributed by atoms with E-state index in [1.165, 1.54) is 36.1 Å². The van der Waals surface area contributed by atoms with Gasteiger partial charge in [0.25, 0.3) is 0 Å². The zero-order chi connectivity index (χ0) is 12.4. The molecule has 0 bridgehead atoms. The van der Waals surface area contributed by atoms with Gasteiger partial charge >= 0.3 is 0 Å². The first-order valence-electron chi connectivity index (χ1n) is 5.77. The topological polar surface area (TPSA) is 76.6 Å². The largest absolute Gasteiger partial charge is 0.384 e. The molecule has 3 rings (SSSR count). The molecule has 0 unspecified atom stereocenters. The molecule has 2 aromatic heterocycles. The van der Waals surface area contributed by atoms with E-state index in [0.717, 1.165) is 27.6 Å². The third-order valence-corrected chi connectivity index (χ3v) is 4.26. The van der Waals surface area contributed by atoms with Gasteiger partial charge in [-0.1, -0.05) is 0 Å². The molecule has 0 spiro atoms. The number of rotatable bonds is 6. The lowest BCUT2D eigenvalue weighted by atomic mass is 10.4. The van der Waals surface area contributed by atoms with Crippen LogP contribution in [0.5, 0.6) is 0 Å². The molecule has 0 aliphatic heterocycles. The Morgan fingerprint density at radius 1 is 1.44 bits per heavy atom. The van der Waals surface area contributed by atoms with E-state index >= 15 is 0 Å². The van der Waals surface area contributed by atoms with Crippen LogP contribution in [0.1, 0.15) is 30.4 Å². The molecule has 18 heavy (non-hydrogen) atoms. The summed E-state index contributed by atoms with van der Waals surface area (Å²) >= 11 is 2.84. The van der Waals surface area contributed by atoms with Gasteiger partial charge in [0.15, 0.2) is 4.34 Å². The smallest absolute Gasteiger partial charge is 0.215 e. The van der Waals surface area contributed by atoms with Gasteiger partial charge in [0.05, 0.1) is 6.61 Å². The normalized spacial score (nSPS) is 15.2. The van der Waals surface area contributed by atoms with Gasteiger partial charge < -0.3 is 4.74 Å². The third-order valence-electron chi connectivity index (χ3n) is 2.60. The van der Waals surface area contributed by atoms with Gasteiger partial charge in [-0.05, 0) is 36.1 Å². The minimum atomic E-state index is 0.596. The van der Waals surface area contributed by atoms with Crippen molar-refractivity contribution in [3.8, 4) is 0 Å². The lowest BCUT2D eigenvalue weighted by Crippen LogP contribution is -1.95. The molecule has 1 fully saturated rings. The van der Waals surface area contributed by atoms with Crippen molar-refractivity contribution in [2.24, 2.45) is 0 Å². The molecule has 0 atom stereocenters. The van der Waals surface area contributed by atoms with Crippen LogP contribution in [0.15, 0.2) is 9.50 Å². The molecule has 0 amide bonds. The van der Waals surface area contributed by atoms with Crippen LogP contribution in [-0.2, 0) is 11.2 Å². The van der Waals surface area contributed by atoms with E-state index in [1.807, 2.05) is 0 Å². The predicted octanol–water partition coefficient (Wildman–Crippen LogP) is 1.87. The molecule has 96 valence electrons. The number of hydrogen-bond donors (Lipinski definition) is 1. The van der Waals surface area contributed by atoms with Crippen LogP contribution in [0.3, 0.4) is 0 Å². The van der Waals surface area contributed by atoms with Crippen molar-refractivity contribution in [3.05, 3.63) is 11.6 Å². The Morgan fingerprint density at radius 3 is 3.11 bits per heavy atom. The maximum Gasteiger partial charge on any atom is 0.215 e. The molecular weight excluding hydrogens is 270 g/mol. The highest BCUT2D eigenvalue weighted by Gasteiger charge is 2.27. The lowest BCUT2D eigenvalue weighted by Gasteiger charge is -1.91. The molecule has 8 heteroatoms. The first kappa shape index (κ1) is 12.1. The summed E-state index contributed by atoms with van der Waals surface area (Å²) in [7, 11) is 1.68.